The van der Waals surface area contributed by atoms with Crippen molar-refractivity contribution in [3.63, 3.8) is 0 Å². The van der Waals surface area contributed by atoms with E-state index in [4.69, 9.17) is 4.84 Å². The van der Waals surface area contributed by atoms with Crippen molar-refractivity contribution in [1.82, 2.24) is 4.98 Å². The lowest BCUT2D eigenvalue weighted by atomic mass is 9.12. The van der Waals surface area contributed by atoms with Crippen molar-refractivity contribution in [2.45, 2.75) is 13.8 Å². The van der Waals surface area contributed by atoms with Gasteiger partial charge in [0.2, 0.25) is 11.9 Å². The summed E-state index contributed by atoms with van der Waals surface area (Å²) in [6.07, 6.45) is -1.97. The molecule has 0 bridgehead atoms. The topological polar surface area (TPSA) is 26.0 Å². The minimum absolute atomic E-state index is 0.676. The molecule has 0 saturated heterocycles. The highest BCUT2D eigenvalue weighted by molar-refractivity contribution is 7.20. The molecule has 0 fully saturated rings. The smallest absolute Gasteiger partial charge is 0.249 e. The maximum atomic E-state index is 15.4. The lowest BCUT2D eigenvalue weighted by Gasteiger charge is -2.44. The molecule has 294 valence electrons. The van der Waals surface area contributed by atoms with Gasteiger partial charge in [-0.05, 0) is 6.92 Å². The van der Waals surface area contributed by atoms with E-state index >= 15 is 35.1 Å². The lowest BCUT2D eigenvalue weighted by Crippen LogP contribution is -2.81. The summed E-state index contributed by atoms with van der Waals surface area (Å²) in [6.45, 7) is 4.57. The summed E-state index contributed by atoms with van der Waals surface area (Å²) in [5.41, 5.74) is -13.3. The Morgan fingerprint density at radius 3 is 0.836 bits per heavy atom. The Hall–Kier alpha value is -5.58. The second kappa shape index (κ2) is 15.3. The average molecular weight is 818 g/mol. The van der Waals surface area contributed by atoms with Crippen LogP contribution in [-0.4, -0.2) is 17.7 Å². The molecule has 1 heterocycles. The molecular weight excluding hydrogens is 807 g/mol. The van der Waals surface area contributed by atoms with Crippen molar-refractivity contribution < 1.29 is 97.4 Å². The number of rotatable bonds is 6. The summed E-state index contributed by atoms with van der Waals surface area (Å²) in [4.78, 5) is 9.14. The Balaban J connectivity index is 0.000000583. The van der Waals surface area contributed by atoms with Crippen LogP contribution in [0.1, 0.15) is 12.6 Å². The van der Waals surface area contributed by atoms with Crippen LogP contribution in [0.3, 0.4) is 0 Å². The van der Waals surface area contributed by atoms with Gasteiger partial charge in [0.05, 0.1) is 12.4 Å². The van der Waals surface area contributed by atoms with E-state index in [1.165, 1.54) is 0 Å². The van der Waals surface area contributed by atoms with Crippen LogP contribution in [0.4, 0.5) is 87.8 Å². The molecule has 0 aliphatic rings. The van der Waals surface area contributed by atoms with Gasteiger partial charge in [-0.1, -0.05) is 0 Å². The van der Waals surface area contributed by atoms with Crippen LogP contribution in [-0.2, 0) is 0 Å². The van der Waals surface area contributed by atoms with Gasteiger partial charge in [-0.15, -0.1) is 21.9 Å². The standard InChI is InChI=1S/C24BF20.C7H11N2O/c26-5-1(6(27)14(35)21(42)13(5)34)25(2-7(28)15(36)22(43)16(37)8(2)29,3-9(30)17(38)23(44)18(39)10(3)31)4-11(32)19(40)24(45)20(41)12(4)33;1-3-10-9-5-4-8-6-7(9)2/h;4-6H,3H2,1-2H3/q-1;+1. The van der Waals surface area contributed by atoms with Crippen LogP contribution < -0.4 is 31.4 Å². The van der Waals surface area contributed by atoms with E-state index in [9.17, 15) is 52.7 Å². The molecule has 0 radical (unpaired) electrons. The average Bonchev–Trinajstić information content (AvgIpc) is 3.16. The summed E-state index contributed by atoms with van der Waals surface area (Å²) < 4.78 is 296. The highest BCUT2D eigenvalue weighted by atomic mass is 19.2. The molecule has 0 aliphatic heterocycles. The Bertz CT molecular complexity index is 1990. The summed E-state index contributed by atoms with van der Waals surface area (Å²) in [7, 11) is 0. The van der Waals surface area contributed by atoms with Crippen molar-refractivity contribution in [3.8, 4) is 0 Å². The van der Waals surface area contributed by atoms with E-state index in [1.807, 2.05) is 13.8 Å². The monoisotopic (exact) mass is 818 g/mol. The highest BCUT2D eigenvalue weighted by Gasteiger charge is 2.52. The number of benzene rings is 4. The van der Waals surface area contributed by atoms with E-state index in [1.54, 1.807) is 23.3 Å². The van der Waals surface area contributed by atoms with Crippen molar-refractivity contribution >= 4 is 28.0 Å². The molecule has 1 aromatic heterocycles. The zero-order valence-corrected chi connectivity index (χ0v) is 26.4. The van der Waals surface area contributed by atoms with E-state index in [-0.39, 0.29) is 0 Å². The van der Waals surface area contributed by atoms with Gasteiger partial charge in [0.25, 0.3) is 0 Å². The fourth-order valence-corrected chi connectivity index (χ4v) is 5.58. The summed E-state index contributed by atoms with van der Waals surface area (Å²) >= 11 is 0. The van der Waals surface area contributed by atoms with E-state index < -0.39 is 144 Å². The summed E-state index contributed by atoms with van der Waals surface area (Å²) in [6, 6.07) is 0. The second-order valence-electron chi connectivity index (χ2n) is 10.8. The summed E-state index contributed by atoms with van der Waals surface area (Å²) in [5, 5.41) is 0. The predicted molar refractivity (Wildman–Crippen MR) is 146 cm³/mol. The number of hydrogen-bond acceptors (Lipinski definition) is 2. The maximum absolute atomic E-state index is 15.4. The van der Waals surface area contributed by atoms with Gasteiger partial charge in [-0.2, -0.15) is 0 Å². The number of aryl methyl sites for hydroxylation is 1. The van der Waals surface area contributed by atoms with E-state index in [0.29, 0.717) is 6.61 Å². The van der Waals surface area contributed by atoms with Gasteiger partial charge in [0.15, 0.2) is 76.4 Å². The van der Waals surface area contributed by atoms with Crippen molar-refractivity contribution in [3.05, 3.63) is 141 Å². The SMILES string of the molecule is CCO[n+]1ccncc1C.Fc1c(F)c(F)c([B-](c2c(F)c(F)c(F)c(F)c2F)(c2c(F)c(F)c(F)c(F)c2F)c2c(F)c(F)c(F)c(F)c2F)c(F)c1F. The third-order valence-corrected chi connectivity index (χ3v) is 7.87. The highest BCUT2D eigenvalue weighted by Crippen LogP contribution is 2.30. The molecule has 0 amide bonds. The molecule has 5 aromatic rings. The number of nitrogens with zero attached hydrogens (tertiary/aromatic N) is 2. The van der Waals surface area contributed by atoms with E-state index in [2.05, 4.69) is 4.98 Å². The fourth-order valence-electron chi connectivity index (χ4n) is 5.58. The zero-order chi connectivity index (χ0) is 41.8. The molecule has 5 rings (SSSR count). The Labute approximate surface area is 291 Å². The van der Waals surface area contributed by atoms with Crippen LogP contribution in [0.2, 0.25) is 0 Å². The van der Waals surface area contributed by atoms with Gasteiger partial charge in [0, 0.05) is 11.7 Å². The lowest BCUT2D eigenvalue weighted by molar-refractivity contribution is -0.895. The van der Waals surface area contributed by atoms with Gasteiger partial charge in [0.1, 0.15) is 52.7 Å². The predicted octanol–water partition coefficient (Wildman–Crippen LogP) is 5.97. The molecular formula is C31H11BF20N2O. The van der Waals surface area contributed by atoms with Gasteiger partial charge < -0.3 is 0 Å². The molecule has 0 saturated carbocycles. The third-order valence-electron chi connectivity index (χ3n) is 7.87. The first kappa shape index (κ1) is 42.2. The third kappa shape index (κ3) is 6.33. The van der Waals surface area contributed by atoms with Gasteiger partial charge >= 0.3 is 0 Å². The minimum Gasteiger partial charge on any atom is -0.271 e. The van der Waals surface area contributed by atoms with Crippen LogP contribution in [0.5, 0.6) is 0 Å². The molecule has 0 unspecified atom stereocenters. The molecule has 0 aliphatic carbocycles. The minimum atomic E-state index is -7.22. The molecule has 55 heavy (non-hydrogen) atoms. The first-order valence-corrected chi connectivity index (χ1v) is 14.2. The molecule has 0 spiro atoms. The van der Waals surface area contributed by atoms with E-state index in [0.717, 1.165) is 5.69 Å². The number of halogens is 20. The fraction of sp³-hybridized carbons (Fsp3) is 0.0968. The van der Waals surface area contributed by atoms with Gasteiger partial charge in [-0.25, -0.2) is 87.8 Å². The molecule has 4 aromatic carbocycles. The quantitative estimate of drug-likeness (QED) is 0.0695. The Kier molecular flexibility index (Phi) is 11.7. The first-order chi connectivity index (χ1) is 25.5. The Morgan fingerprint density at radius 1 is 0.418 bits per heavy atom. The van der Waals surface area contributed by atoms with Gasteiger partial charge in [-0.3, -0.25) is 9.82 Å². The molecule has 3 nitrogen and oxygen atoms in total. The maximum Gasteiger partial charge on any atom is 0.249 e. The van der Waals surface area contributed by atoms with Crippen molar-refractivity contribution in [1.29, 1.82) is 0 Å². The number of aromatic nitrogens is 2. The van der Waals surface area contributed by atoms with Crippen LogP contribution >= 0.6 is 0 Å². The zero-order valence-electron chi connectivity index (χ0n) is 26.4. The molecule has 0 N–H and O–H groups in total. The molecule has 0 atom stereocenters. The Morgan fingerprint density at radius 2 is 0.636 bits per heavy atom. The summed E-state index contributed by atoms with van der Waals surface area (Å²) in [5.74, 6) is -71.4. The van der Waals surface area contributed by atoms with Crippen molar-refractivity contribution in [2.24, 2.45) is 0 Å². The normalized spacial score (nSPS) is 11.5. The second-order valence-corrected chi connectivity index (χ2v) is 10.8. The van der Waals surface area contributed by atoms with Crippen molar-refractivity contribution in [2.75, 3.05) is 6.61 Å². The van der Waals surface area contributed by atoms with Crippen LogP contribution in [0.25, 0.3) is 0 Å². The number of hydrogen-bond donors (Lipinski definition) is 0. The van der Waals surface area contributed by atoms with Crippen LogP contribution in [0, 0.1) is 123 Å². The first-order valence-electron chi connectivity index (χ1n) is 14.2. The largest absolute Gasteiger partial charge is 0.271 e. The molecule has 24 heteroatoms. The van der Waals surface area contributed by atoms with Crippen LogP contribution in [0.15, 0.2) is 18.6 Å².